The average molecular weight is 431 g/mol. The summed E-state index contributed by atoms with van der Waals surface area (Å²) in [5.41, 5.74) is 3.15. The second kappa shape index (κ2) is 9.53. The number of hydrogen-bond donors (Lipinski definition) is 3. The molecule has 0 bridgehead atoms. The third-order valence-corrected chi connectivity index (χ3v) is 8.97. The van der Waals surface area contributed by atoms with Crippen molar-refractivity contribution in [1.29, 1.82) is 0 Å². The zero-order valence-electron chi connectivity index (χ0n) is 20.5. The predicted molar refractivity (Wildman–Crippen MR) is 129 cm³/mol. The van der Waals surface area contributed by atoms with Crippen LogP contribution in [-0.4, -0.2) is 33.1 Å². The number of aliphatic hydroxyl groups excluding tert-OH is 2. The smallest absolute Gasteiger partial charge is 0.0837 e. The number of aliphatic hydroxyl groups is 3. The van der Waals surface area contributed by atoms with Crippen molar-refractivity contribution in [2.75, 3.05) is 0 Å². The molecule has 7 atom stereocenters. The van der Waals surface area contributed by atoms with Gasteiger partial charge in [-0.15, -0.1) is 0 Å². The van der Waals surface area contributed by atoms with Crippen LogP contribution in [0, 0.1) is 29.1 Å². The van der Waals surface area contributed by atoms with Gasteiger partial charge < -0.3 is 15.3 Å². The van der Waals surface area contributed by atoms with Gasteiger partial charge in [0.05, 0.1) is 17.8 Å². The van der Waals surface area contributed by atoms with Crippen LogP contribution < -0.4 is 0 Å². The monoisotopic (exact) mass is 430 g/mol. The summed E-state index contributed by atoms with van der Waals surface area (Å²) in [5, 5.41) is 30.7. The van der Waals surface area contributed by atoms with E-state index in [0.29, 0.717) is 23.7 Å². The highest BCUT2D eigenvalue weighted by atomic mass is 16.3. The zero-order chi connectivity index (χ0) is 23.0. The fourth-order valence-corrected chi connectivity index (χ4v) is 6.91. The Morgan fingerprint density at radius 2 is 1.94 bits per heavy atom. The normalized spacial score (nSPS) is 40.4. The molecule has 0 spiro atoms. The van der Waals surface area contributed by atoms with Gasteiger partial charge >= 0.3 is 0 Å². The van der Waals surface area contributed by atoms with Gasteiger partial charge in [0.15, 0.2) is 0 Å². The molecule has 3 heteroatoms. The van der Waals surface area contributed by atoms with Crippen molar-refractivity contribution in [2.45, 2.75) is 110 Å². The molecule has 3 rings (SSSR count). The third-order valence-electron chi connectivity index (χ3n) is 8.97. The van der Waals surface area contributed by atoms with E-state index in [0.717, 1.165) is 36.3 Å². The number of allylic oxidation sites excluding steroid dienone is 3. The molecule has 1 unspecified atom stereocenters. The molecule has 176 valence electrons. The first-order valence-corrected chi connectivity index (χ1v) is 12.6. The Balaban J connectivity index is 1.71. The summed E-state index contributed by atoms with van der Waals surface area (Å²) in [6, 6.07) is 0. The van der Waals surface area contributed by atoms with Crippen LogP contribution in [0.15, 0.2) is 35.5 Å². The summed E-state index contributed by atoms with van der Waals surface area (Å²) in [4.78, 5) is 0. The van der Waals surface area contributed by atoms with Crippen LogP contribution >= 0.6 is 0 Å². The molecule has 0 heterocycles. The van der Waals surface area contributed by atoms with Gasteiger partial charge in [-0.1, -0.05) is 57.9 Å². The summed E-state index contributed by atoms with van der Waals surface area (Å²) in [7, 11) is 0. The predicted octanol–water partition coefficient (Wildman–Crippen LogP) is 5.95. The van der Waals surface area contributed by atoms with E-state index < -0.39 is 17.8 Å². The molecule has 3 N–H and O–H groups in total. The fraction of sp³-hybridized carbons (Fsp3) is 0.786. The van der Waals surface area contributed by atoms with Gasteiger partial charge in [0.25, 0.3) is 0 Å². The Labute approximate surface area is 190 Å². The van der Waals surface area contributed by atoms with Crippen molar-refractivity contribution in [3.63, 3.8) is 0 Å². The summed E-state index contributed by atoms with van der Waals surface area (Å²) in [6.45, 7) is 14.8. The summed E-state index contributed by atoms with van der Waals surface area (Å²) < 4.78 is 0. The molecule has 0 saturated heterocycles. The Morgan fingerprint density at radius 3 is 2.61 bits per heavy atom. The minimum absolute atomic E-state index is 0.149. The molecule has 0 aromatic rings. The van der Waals surface area contributed by atoms with Crippen LogP contribution in [0.1, 0.15) is 92.4 Å². The van der Waals surface area contributed by atoms with E-state index in [1.807, 2.05) is 20.8 Å². The molecular weight excluding hydrogens is 384 g/mol. The first-order valence-electron chi connectivity index (χ1n) is 12.6. The molecule has 0 aromatic heterocycles. The van der Waals surface area contributed by atoms with E-state index in [4.69, 9.17) is 0 Å². The van der Waals surface area contributed by atoms with Gasteiger partial charge in [-0.3, -0.25) is 0 Å². The van der Waals surface area contributed by atoms with Crippen LogP contribution in [-0.2, 0) is 0 Å². The highest BCUT2D eigenvalue weighted by Crippen LogP contribution is 2.60. The molecule has 3 aliphatic carbocycles. The molecule has 3 nitrogen and oxygen atoms in total. The molecule has 3 saturated carbocycles. The van der Waals surface area contributed by atoms with Gasteiger partial charge in [0.2, 0.25) is 0 Å². The van der Waals surface area contributed by atoms with Crippen LogP contribution in [0.5, 0.6) is 0 Å². The Kier molecular flexibility index (Phi) is 7.61. The summed E-state index contributed by atoms with van der Waals surface area (Å²) in [6.07, 6.45) is 13.4. The molecular formula is C28H46O3. The van der Waals surface area contributed by atoms with Crippen LogP contribution in [0.3, 0.4) is 0 Å². The zero-order valence-corrected chi connectivity index (χ0v) is 20.5. The second-order valence-electron chi connectivity index (χ2n) is 11.8. The minimum atomic E-state index is -0.648. The van der Waals surface area contributed by atoms with E-state index in [9.17, 15) is 15.3 Å². The fourth-order valence-electron chi connectivity index (χ4n) is 6.91. The second-order valence-corrected chi connectivity index (χ2v) is 11.8. The molecule has 0 amide bonds. The maximum atomic E-state index is 10.4. The van der Waals surface area contributed by atoms with Crippen molar-refractivity contribution in [3.05, 3.63) is 35.5 Å². The number of hydrogen-bond acceptors (Lipinski definition) is 3. The standard InChI is InChI=1S/C28H46O3/c1-18(9-7-15-27(4,5)31)23-13-14-24-21(10-8-16-28(23,24)6)11-12-22-17-25(29)20(3)26(30)19(22)2/h11-12,18,20,23-26,29-31H,2,7-10,13-17H2,1,3-6H3/b21-11?,22-12-/t18-,20-,23+,24?,25+,26+,28+/m0/s1. The van der Waals surface area contributed by atoms with E-state index >= 15 is 0 Å². The van der Waals surface area contributed by atoms with Crippen LogP contribution in [0.4, 0.5) is 0 Å². The topological polar surface area (TPSA) is 60.7 Å². The Bertz CT molecular complexity index is 712. The highest BCUT2D eigenvalue weighted by Gasteiger charge is 2.50. The Morgan fingerprint density at radius 1 is 1.23 bits per heavy atom. The van der Waals surface area contributed by atoms with Gasteiger partial charge in [-0.05, 0) is 93.1 Å². The highest BCUT2D eigenvalue weighted by molar-refractivity contribution is 5.39. The lowest BCUT2D eigenvalue weighted by Crippen LogP contribution is -2.36. The van der Waals surface area contributed by atoms with Crippen LogP contribution in [0.25, 0.3) is 0 Å². The van der Waals surface area contributed by atoms with E-state index in [-0.39, 0.29) is 5.92 Å². The quantitative estimate of drug-likeness (QED) is 0.488. The van der Waals surface area contributed by atoms with Gasteiger partial charge in [0.1, 0.15) is 0 Å². The third kappa shape index (κ3) is 5.37. The Hall–Kier alpha value is -0.900. The van der Waals surface area contributed by atoms with E-state index in [1.54, 1.807) is 5.57 Å². The molecule has 0 radical (unpaired) electrons. The van der Waals surface area contributed by atoms with Gasteiger partial charge in [-0.25, -0.2) is 0 Å². The maximum absolute atomic E-state index is 10.4. The van der Waals surface area contributed by atoms with Crippen molar-refractivity contribution in [2.24, 2.45) is 29.1 Å². The summed E-state index contributed by atoms with van der Waals surface area (Å²) >= 11 is 0. The molecule has 31 heavy (non-hydrogen) atoms. The average Bonchev–Trinajstić information content (AvgIpc) is 3.04. The molecule has 0 aliphatic heterocycles. The number of fused-ring (bicyclic) bond motifs is 1. The lowest BCUT2D eigenvalue weighted by Gasteiger charge is -2.44. The summed E-state index contributed by atoms with van der Waals surface area (Å²) in [5.74, 6) is 1.94. The van der Waals surface area contributed by atoms with Crippen LogP contribution in [0.2, 0.25) is 0 Å². The first kappa shape index (κ1) is 24.7. The van der Waals surface area contributed by atoms with Crippen molar-refractivity contribution in [3.8, 4) is 0 Å². The van der Waals surface area contributed by atoms with Crippen molar-refractivity contribution in [1.82, 2.24) is 0 Å². The lowest BCUT2D eigenvalue weighted by atomic mass is 9.60. The van der Waals surface area contributed by atoms with E-state index in [2.05, 4.69) is 32.6 Å². The SMILES string of the molecule is C=C1/C(=C\C=C2CCC[C@@]3(C)C2CC[C@@H]3[C@@H](C)CCCC(C)(C)O)C[C@@H](O)[C@H](C)[C@@H]1O. The van der Waals surface area contributed by atoms with Gasteiger partial charge in [-0.2, -0.15) is 0 Å². The molecule has 0 aromatic carbocycles. The molecule has 3 fully saturated rings. The van der Waals surface area contributed by atoms with Gasteiger partial charge in [0, 0.05) is 5.92 Å². The number of rotatable bonds is 6. The minimum Gasteiger partial charge on any atom is -0.392 e. The molecule has 3 aliphatic rings. The van der Waals surface area contributed by atoms with Crippen molar-refractivity contribution >= 4 is 0 Å². The lowest BCUT2D eigenvalue weighted by molar-refractivity contribution is 0.0283. The first-order chi connectivity index (χ1) is 14.4. The largest absolute Gasteiger partial charge is 0.392 e. The maximum Gasteiger partial charge on any atom is 0.0837 e. The van der Waals surface area contributed by atoms with E-state index in [1.165, 1.54) is 32.1 Å². The van der Waals surface area contributed by atoms with Crippen molar-refractivity contribution < 1.29 is 15.3 Å².